The molecule has 0 saturated carbocycles. The topological polar surface area (TPSA) is 24.5 Å². The quantitative estimate of drug-likeness (QED) is 0.904. The molecule has 1 atom stereocenters. The van der Waals surface area contributed by atoms with Gasteiger partial charge in [-0.1, -0.05) is 15.9 Å². The molecule has 0 bridgehead atoms. The standard InChI is InChI=1S/C16H25BrN2O/c1-16(2,3)18-10-12-7-8-19(11-12)14-9-13(17)5-6-15(14)20-4/h5-6,9,12,18H,7-8,10-11H2,1-4H3. The van der Waals surface area contributed by atoms with Gasteiger partial charge in [-0.2, -0.15) is 0 Å². The predicted molar refractivity (Wildman–Crippen MR) is 88.8 cm³/mol. The summed E-state index contributed by atoms with van der Waals surface area (Å²) in [7, 11) is 1.74. The Labute approximate surface area is 130 Å². The third-order valence-electron chi connectivity index (χ3n) is 3.69. The summed E-state index contributed by atoms with van der Waals surface area (Å²) in [4.78, 5) is 2.43. The van der Waals surface area contributed by atoms with Gasteiger partial charge in [0, 0.05) is 29.6 Å². The van der Waals surface area contributed by atoms with E-state index in [1.165, 1.54) is 12.1 Å². The second-order valence-corrected chi connectivity index (χ2v) is 7.46. The Morgan fingerprint density at radius 2 is 2.15 bits per heavy atom. The molecule has 1 aromatic rings. The van der Waals surface area contributed by atoms with Crippen molar-refractivity contribution in [3.8, 4) is 5.75 Å². The van der Waals surface area contributed by atoms with Gasteiger partial charge in [0.1, 0.15) is 5.75 Å². The van der Waals surface area contributed by atoms with Crippen LogP contribution in [0.2, 0.25) is 0 Å². The molecule has 0 aromatic heterocycles. The summed E-state index contributed by atoms with van der Waals surface area (Å²) in [5.41, 5.74) is 1.39. The van der Waals surface area contributed by atoms with Crippen LogP contribution in [-0.4, -0.2) is 32.3 Å². The lowest BCUT2D eigenvalue weighted by Crippen LogP contribution is -2.39. The highest BCUT2D eigenvalue weighted by Gasteiger charge is 2.25. The SMILES string of the molecule is COc1ccc(Br)cc1N1CCC(CNC(C)(C)C)C1. The third kappa shape index (κ3) is 4.13. The average Bonchev–Trinajstić information content (AvgIpc) is 2.84. The molecule has 0 aliphatic carbocycles. The Bertz CT molecular complexity index is 456. The van der Waals surface area contributed by atoms with Crippen molar-refractivity contribution in [3.05, 3.63) is 22.7 Å². The van der Waals surface area contributed by atoms with Gasteiger partial charge < -0.3 is 15.0 Å². The lowest BCUT2D eigenvalue weighted by molar-refractivity contribution is 0.383. The van der Waals surface area contributed by atoms with Crippen molar-refractivity contribution in [2.45, 2.75) is 32.7 Å². The number of anilines is 1. The van der Waals surface area contributed by atoms with Crippen molar-refractivity contribution in [1.29, 1.82) is 0 Å². The second kappa shape index (κ2) is 6.35. The van der Waals surface area contributed by atoms with Gasteiger partial charge in [0.2, 0.25) is 0 Å². The molecule has 1 aromatic carbocycles. The molecule has 1 unspecified atom stereocenters. The molecular formula is C16H25BrN2O. The van der Waals surface area contributed by atoms with Crippen molar-refractivity contribution in [3.63, 3.8) is 0 Å². The fraction of sp³-hybridized carbons (Fsp3) is 0.625. The Morgan fingerprint density at radius 3 is 2.80 bits per heavy atom. The zero-order valence-electron chi connectivity index (χ0n) is 12.9. The number of halogens is 1. The van der Waals surface area contributed by atoms with Crippen LogP contribution in [0.1, 0.15) is 27.2 Å². The van der Waals surface area contributed by atoms with E-state index in [0.717, 1.165) is 29.9 Å². The fourth-order valence-corrected chi connectivity index (χ4v) is 2.93. The van der Waals surface area contributed by atoms with E-state index >= 15 is 0 Å². The number of hydrogen-bond donors (Lipinski definition) is 1. The largest absolute Gasteiger partial charge is 0.495 e. The monoisotopic (exact) mass is 340 g/mol. The van der Waals surface area contributed by atoms with Crippen molar-refractivity contribution in [2.24, 2.45) is 5.92 Å². The molecule has 1 N–H and O–H groups in total. The van der Waals surface area contributed by atoms with Crippen LogP contribution < -0.4 is 15.0 Å². The van der Waals surface area contributed by atoms with E-state index in [1.807, 2.05) is 12.1 Å². The molecule has 1 aliphatic heterocycles. The maximum Gasteiger partial charge on any atom is 0.142 e. The number of rotatable bonds is 4. The molecule has 3 nitrogen and oxygen atoms in total. The molecule has 20 heavy (non-hydrogen) atoms. The van der Waals surface area contributed by atoms with Crippen LogP contribution in [0.3, 0.4) is 0 Å². The Balaban J connectivity index is 2.00. The summed E-state index contributed by atoms with van der Waals surface area (Å²) in [5, 5.41) is 3.61. The van der Waals surface area contributed by atoms with Gasteiger partial charge in [-0.05, 0) is 51.3 Å². The van der Waals surface area contributed by atoms with E-state index in [1.54, 1.807) is 7.11 Å². The highest BCUT2D eigenvalue weighted by Crippen LogP contribution is 2.34. The van der Waals surface area contributed by atoms with Gasteiger partial charge >= 0.3 is 0 Å². The van der Waals surface area contributed by atoms with Gasteiger partial charge in [0.25, 0.3) is 0 Å². The number of nitrogens with one attached hydrogen (secondary N) is 1. The summed E-state index contributed by atoms with van der Waals surface area (Å²) in [6.45, 7) is 9.93. The first-order valence-electron chi connectivity index (χ1n) is 7.22. The predicted octanol–water partition coefficient (Wildman–Crippen LogP) is 3.67. The molecule has 1 aliphatic rings. The minimum absolute atomic E-state index is 0.195. The normalized spacial score (nSPS) is 19.4. The van der Waals surface area contributed by atoms with Gasteiger partial charge in [-0.3, -0.25) is 0 Å². The number of benzene rings is 1. The summed E-state index contributed by atoms with van der Waals surface area (Å²) in [6.07, 6.45) is 1.23. The first-order chi connectivity index (χ1) is 9.39. The Kier molecular flexibility index (Phi) is 4.97. The number of methoxy groups -OCH3 is 1. The number of hydrogen-bond acceptors (Lipinski definition) is 3. The van der Waals surface area contributed by atoms with Crippen LogP contribution in [0, 0.1) is 5.92 Å². The van der Waals surface area contributed by atoms with Crippen LogP contribution in [0.5, 0.6) is 5.75 Å². The maximum atomic E-state index is 5.48. The van der Waals surface area contributed by atoms with E-state index in [9.17, 15) is 0 Å². The molecule has 0 spiro atoms. The van der Waals surface area contributed by atoms with Gasteiger partial charge in [0.15, 0.2) is 0 Å². The minimum atomic E-state index is 0.195. The molecule has 2 rings (SSSR count). The van der Waals surface area contributed by atoms with Crippen LogP contribution in [0.15, 0.2) is 22.7 Å². The maximum absolute atomic E-state index is 5.48. The van der Waals surface area contributed by atoms with E-state index in [0.29, 0.717) is 5.92 Å². The Hall–Kier alpha value is -0.740. The smallest absolute Gasteiger partial charge is 0.142 e. The number of ether oxygens (including phenoxy) is 1. The Morgan fingerprint density at radius 1 is 1.40 bits per heavy atom. The summed E-state index contributed by atoms with van der Waals surface area (Å²) < 4.78 is 6.59. The molecule has 4 heteroatoms. The van der Waals surface area contributed by atoms with E-state index in [2.05, 4.69) is 53.0 Å². The van der Waals surface area contributed by atoms with Gasteiger partial charge in [-0.15, -0.1) is 0 Å². The summed E-state index contributed by atoms with van der Waals surface area (Å²) >= 11 is 3.55. The van der Waals surface area contributed by atoms with Crippen LogP contribution >= 0.6 is 15.9 Å². The van der Waals surface area contributed by atoms with Crippen LogP contribution in [-0.2, 0) is 0 Å². The zero-order chi connectivity index (χ0) is 14.8. The van der Waals surface area contributed by atoms with Crippen LogP contribution in [0.25, 0.3) is 0 Å². The molecule has 1 fully saturated rings. The van der Waals surface area contributed by atoms with Crippen molar-refractivity contribution >= 4 is 21.6 Å². The lowest BCUT2D eigenvalue weighted by atomic mass is 10.1. The van der Waals surface area contributed by atoms with E-state index in [-0.39, 0.29) is 5.54 Å². The van der Waals surface area contributed by atoms with Crippen LogP contribution in [0.4, 0.5) is 5.69 Å². The van der Waals surface area contributed by atoms with Gasteiger partial charge in [0.05, 0.1) is 12.8 Å². The van der Waals surface area contributed by atoms with Crippen molar-refractivity contribution < 1.29 is 4.74 Å². The van der Waals surface area contributed by atoms with E-state index < -0.39 is 0 Å². The zero-order valence-corrected chi connectivity index (χ0v) is 14.5. The average molecular weight is 341 g/mol. The number of nitrogens with zero attached hydrogens (tertiary/aromatic N) is 1. The lowest BCUT2D eigenvalue weighted by Gasteiger charge is -2.24. The molecular weight excluding hydrogens is 316 g/mol. The highest BCUT2D eigenvalue weighted by molar-refractivity contribution is 9.10. The first kappa shape index (κ1) is 15.6. The van der Waals surface area contributed by atoms with Crippen molar-refractivity contribution in [2.75, 3.05) is 31.6 Å². The third-order valence-corrected chi connectivity index (χ3v) is 4.18. The van der Waals surface area contributed by atoms with Crippen molar-refractivity contribution in [1.82, 2.24) is 5.32 Å². The fourth-order valence-electron chi connectivity index (χ4n) is 2.58. The minimum Gasteiger partial charge on any atom is -0.495 e. The molecule has 1 saturated heterocycles. The molecule has 0 amide bonds. The summed E-state index contributed by atoms with van der Waals surface area (Å²) in [5.74, 6) is 1.66. The van der Waals surface area contributed by atoms with Gasteiger partial charge in [-0.25, -0.2) is 0 Å². The molecule has 1 heterocycles. The van der Waals surface area contributed by atoms with E-state index in [4.69, 9.17) is 4.74 Å². The summed E-state index contributed by atoms with van der Waals surface area (Å²) in [6, 6.07) is 6.20. The highest BCUT2D eigenvalue weighted by atomic mass is 79.9. The first-order valence-corrected chi connectivity index (χ1v) is 8.02. The molecule has 0 radical (unpaired) electrons. The molecule has 112 valence electrons. The second-order valence-electron chi connectivity index (χ2n) is 6.55.